The molecule has 2 rings (SSSR count). The van der Waals surface area contributed by atoms with Crippen LogP contribution in [-0.4, -0.2) is 18.0 Å². The highest BCUT2D eigenvalue weighted by molar-refractivity contribution is 5.93. The van der Waals surface area contributed by atoms with Crippen molar-refractivity contribution in [3.63, 3.8) is 0 Å². The monoisotopic (exact) mass is 308 g/mol. The van der Waals surface area contributed by atoms with Crippen LogP contribution in [0.4, 0.5) is 5.69 Å². The zero-order valence-electron chi connectivity index (χ0n) is 12.2. The van der Waals surface area contributed by atoms with Gasteiger partial charge < -0.3 is 4.74 Å². The third-order valence-electron chi connectivity index (χ3n) is 3.15. The minimum absolute atomic E-state index is 0.133. The van der Waals surface area contributed by atoms with Crippen LogP contribution in [0.3, 0.4) is 0 Å². The quantitative estimate of drug-likeness (QED) is 0.283. The first-order valence-corrected chi connectivity index (χ1v) is 6.60. The summed E-state index contributed by atoms with van der Waals surface area (Å²) >= 11 is 0. The lowest BCUT2D eigenvalue weighted by molar-refractivity contribution is -0.385. The molecule has 0 heterocycles. The van der Waals surface area contributed by atoms with Crippen LogP contribution in [0.25, 0.3) is 11.6 Å². The molecule has 0 N–H and O–H groups in total. The fraction of sp³-hybridized carbons (Fsp3) is 0.0588. The van der Waals surface area contributed by atoms with E-state index >= 15 is 0 Å². The van der Waals surface area contributed by atoms with Crippen LogP contribution in [0, 0.1) is 21.4 Å². The standard InChI is InChI=1S/C17H12N2O4/c1-23-17(20)13-8-6-12(7-9-13)10-14(11-18)15-4-2-3-5-16(15)19(21)22/h2-10H,1H3. The Labute approximate surface area is 132 Å². The van der Waals surface area contributed by atoms with Crippen molar-refractivity contribution in [1.29, 1.82) is 5.26 Å². The Kier molecular flexibility index (Phi) is 4.85. The fourth-order valence-electron chi connectivity index (χ4n) is 2.03. The lowest BCUT2D eigenvalue weighted by atomic mass is 10.0. The van der Waals surface area contributed by atoms with Crippen LogP contribution < -0.4 is 0 Å². The van der Waals surface area contributed by atoms with Gasteiger partial charge in [0, 0.05) is 6.07 Å². The van der Waals surface area contributed by atoms with Gasteiger partial charge in [0.1, 0.15) is 6.07 Å². The van der Waals surface area contributed by atoms with E-state index in [-0.39, 0.29) is 16.8 Å². The van der Waals surface area contributed by atoms with E-state index in [0.29, 0.717) is 11.1 Å². The molecule has 0 amide bonds. The summed E-state index contributed by atoms with van der Waals surface area (Å²) in [5.41, 5.74) is 1.31. The normalized spacial score (nSPS) is 10.7. The molecule has 0 saturated carbocycles. The number of carbonyl (C=O) groups excluding carboxylic acids is 1. The Bertz CT molecular complexity index is 817. The molecule has 0 radical (unpaired) electrons. The van der Waals surface area contributed by atoms with Crippen molar-refractivity contribution in [1.82, 2.24) is 0 Å². The highest BCUT2D eigenvalue weighted by Crippen LogP contribution is 2.27. The van der Waals surface area contributed by atoms with Gasteiger partial charge in [-0.15, -0.1) is 0 Å². The molecule has 2 aromatic carbocycles. The van der Waals surface area contributed by atoms with Gasteiger partial charge in [-0.1, -0.05) is 24.3 Å². The smallest absolute Gasteiger partial charge is 0.337 e. The lowest BCUT2D eigenvalue weighted by Crippen LogP contribution is -2.00. The van der Waals surface area contributed by atoms with E-state index in [1.54, 1.807) is 36.4 Å². The number of nitrogens with zero attached hydrogens (tertiary/aromatic N) is 2. The second-order valence-corrected chi connectivity index (χ2v) is 4.56. The van der Waals surface area contributed by atoms with Crippen molar-refractivity contribution in [2.75, 3.05) is 7.11 Å². The number of hydrogen-bond donors (Lipinski definition) is 0. The van der Waals surface area contributed by atoms with Crippen molar-refractivity contribution in [3.8, 4) is 6.07 Å². The maximum atomic E-state index is 11.4. The fourth-order valence-corrected chi connectivity index (χ4v) is 2.03. The van der Waals surface area contributed by atoms with Crippen molar-refractivity contribution < 1.29 is 14.5 Å². The summed E-state index contributed by atoms with van der Waals surface area (Å²) in [5.74, 6) is -0.459. The second kappa shape index (κ2) is 7.00. The van der Waals surface area contributed by atoms with Crippen LogP contribution in [-0.2, 0) is 4.74 Å². The summed E-state index contributed by atoms with van der Waals surface area (Å²) in [4.78, 5) is 21.9. The molecule has 2 aromatic rings. The number of hydrogen-bond acceptors (Lipinski definition) is 5. The average Bonchev–Trinajstić information content (AvgIpc) is 2.59. The van der Waals surface area contributed by atoms with Gasteiger partial charge in [-0.25, -0.2) is 4.79 Å². The number of para-hydroxylation sites is 1. The summed E-state index contributed by atoms with van der Waals surface area (Å²) in [6.07, 6.45) is 1.53. The van der Waals surface area contributed by atoms with Crippen LogP contribution in [0.1, 0.15) is 21.5 Å². The minimum Gasteiger partial charge on any atom is -0.465 e. The number of rotatable bonds is 4. The Morgan fingerprint density at radius 3 is 2.43 bits per heavy atom. The zero-order chi connectivity index (χ0) is 16.8. The molecule has 0 saturated heterocycles. The van der Waals surface area contributed by atoms with Gasteiger partial charge >= 0.3 is 5.97 Å². The number of methoxy groups -OCH3 is 1. The van der Waals surface area contributed by atoms with Crippen LogP contribution in [0.2, 0.25) is 0 Å². The molecule has 0 atom stereocenters. The van der Waals surface area contributed by atoms with E-state index < -0.39 is 10.9 Å². The van der Waals surface area contributed by atoms with Crippen molar-refractivity contribution in [2.45, 2.75) is 0 Å². The summed E-state index contributed by atoms with van der Waals surface area (Å²) in [6.45, 7) is 0. The van der Waals surface area contributed by atoms with Gasteiger partial charge in [0.25, 0.3) is 5.69 Å². The predicted octanol–water partition coefficient (Wildman–Crippen LogP) is 3.45. The van der Waals surface area contributed by atoms with E-state index in [4.69, 9.17) is 0 Å². The number of benzene rings is 2. The molecule has 6 heteroatoms. The summed E-state index contributed by atoms with van der Waals surface area (Å²) in [5, 5.41) is 20.4. The molecule has 0 spiro atoms. The minimum atomic E-state index is -0.527. The third kappa shape index (κ3) is 3.60. The number of nitro benzene ring substituents is 1. The topological polar surface area (TPSA) is 93.2 Å². The van der Waals surface area contributed by atoms with E-state index in [9.17, 15) is 20.2 Å². The second-order valence-electron chi connectivity index (χ2n) is 4.56. The van der Waals surface area contributed by atoms with Gasteiger partial charge in [-0.3, -0.25) is 10.1 Å². The van der Waals surface area contributed by atoms with Gasteiger partial charge in [-0.2, -0.15) is 5.26 Å². The maximum Gasteiger partial charge on any atom is 0.337 e. The van der Waals surface area contributed by atoms with Crippen LogP contribution in [0.15, 0.2) is 48.5 Å². The molecule has 0 aliphatic carbocycles. The summed E-state index contributed by atoms with van der Waals surface area (Å²) < 4.78 is 4.61. The van der Waals surface area contributed by atoms with Crippen molar-refractivity contribution in [2.24, 2.45) is 0 Å². The zero-order valence-corrected chi connectivity index (χ0v) is 12.2. The van der Waals surface area contributed by atoms with E-state index in [2.05, 4.69) is 4.74 Å². The van der Waals surface area contributed by atoms with Gasteiger partial charge in [-0.05, 0) is 29.8 Å². The summed E-state index contributed by atoms with van der Waals surface area (Å²) in [6, 6.07) is 14.4. The van der Waals surface area contributed by atoms with Gasteiger partial charge in [0.15, 0.2) is 0 Å². The molecule has 114 valence electrons. The molecule has 6 nitrogen and oxygen atoms in total. The molecule has 0 unspecified atom stereocenters. The Hall–Kier alpha value is -3.46. The Morgan fingerprint density at radius 2 is 1.87 bits per heavy atom. The number of esters is 1. The molecular formula is C17H12N2O4. The first-order valence-electron chi connectivity index (χ1n) is 6.60. The van der Waals surface area contributed by atoms with Crippen LogP contribution >= 0.6 is 0 Å². The van der Waals surface area contributed by atoms with Crippen LogP contribution in [0.5, 0.6) is 0 Å². The molecule has 0 bridgehead atoms. The van der Waals surface area contributed by atoms with Crippen molar-refractivity contribution >= 4 is 23.3 Å². The molecule has 0 aliphatic rings. The molecule has 0 aliphatic heterocycles. The van der Waals surface area contributed by atoms with Crippen molar-refractivity contribution in [3.05, 3.63) is 75.3 Å². The van der Waals surface area contributed by atoms with Gasteiger partial charge in [0.05, 0.1) is 28.7 Å². The number of allylic oxidation sites excluding steroid dienone is 1. The van der Waals surface area contributed by atoms with Gasteiger partial charge in [0.2, 0.25) is 0 Å². The highest BCUT2D eigenvalue weighted by Gasteiger charge is 2.16. The van der Waals surface area contributed by atoms with E-state index in [1.807, 2.05) is 6.07 Å². The number of nitro groups is 1. The molecule has 0 fully saturated rings. The Balaban J connectivity index is 2.42. The Morgan fingerprint density at radius 1 is 1.22 bits per heavy atom. The SMILES string of the molecule is COC(=O)c1ccc(C=C(C#N)c2ccccc2[N+](=O)[O-])cc1. The highest BCUT2D eigenvalue weighted by atomic mass is 16.6. The summed E-state index contributed by atoms with van der Waals surface area (Å²) in [7, 11) is 1.29. The third-order valence-corrected chi connectivity index (χ3v) is 3.15. The number of carbonyl (C=O) groups is 1. The first-order chi connectivity index (χ1) is 11.1. The average molecular weight is 308 g/mol. The first kappa shape index (κ1) is 15.9. The molecule has 0 aromatic heterocycles. The number of ether oxygens (including phenoxy) is 1. The van der Waals surface area contributed by atoms with E-state index in [0.717, 1.165) is 0 Å². The molecule has 23 heavy (non-hydrogen) atoms. The molecular weight excluding hydrogens is 296 g/mol. The number of nitriles is 1. The lowest BCUT2D eigenvalue weighted by Gasteiger charge is -2.02. The largest absolute Gasteiger partial charge is 0.465 e. The predicted molar refractivity (Wildman–Crippen MR) is 84.4 cm³/mol. The van der Waals surface area contributed by atoms with E-state index in [1.165, 1.54) is 25.3 Å². The maximum absolute atomic E-state index is 11.4.